The summed E-state index contributed by atoms with van der Waals surface area (Å²) in [5.41, 5.74) is 0. The van der Waals surface area contributed by atoms with E-state index in [1.165, 1.54) is 0 Å². The molecule has 0 aromatic rings. The fourth-order valence-electron chi connectivity index (χ4n) is 0. The number of carbonyl (C=O) groups excluding carboxylic acids is 1. The molecule has 6 heavy (non-hydrogen) atoms. The molecule has 0 radical (unpaired) electrons. The normalized spacial score (nSPS) is 6.33. The Balaban J connectivity index is 0. The van der Waals surface area contributed by atoms with E-state index in [1.807, 2.05) is 6.92 Å². The van der Waals surface area contributed by atoms with Crippen molar-refractivity contribution in [2.75, 3.05) is 0 Å². The van der Waals surface area contributed by atoms with Crippen molar-refractivity contribution in [3.63, 3.8) is 0 Å². The van der Waals surface area contributed by atoms with Crippen molar-refractivity contribution < 1.29 is 4.79 Å². The summed E-state index contributed by atoms with van der Waals surface area (Å²) in [5.74, 6) is 0.255. The van der Waals surface area contributed by atoms with Crippen molar-refractivity contribution in [3.05, 3.63) is 0 Å². The van der Waals surface area contributed by atoms with Gasteiger partial charge in [-0.3, -0.25) is 0 Å². The molecule has 0 N–H and O–H groups in total. The zero-order valence-electron chi connectivity index (χ0n) is 3.62. The zero-order valence-corrected chi connectivity index (χ0v) is 3.62. The Morgan fingerprint density at radius 3 is 1.83 bits per heavy atom. The Morgan fingerprint density at radius 2 is 1.83 bits per heavy atom. The van der Waals surface area contributed by atoms with Crippen LogP contribution in [0, 0.1) is 0 Å². The number of Topliss-reactive ketones (excluding diaryl/α,β-unsaturated/α-hetero) is 1. The van der Waals surface area contributed by atoms with Gasteiger partial charge in [-0.25, -0.2) is 0 Å². The second kappa shape index (κ2) is 5.67. The topological polar surface area (TPSA) is 17.1 Å². The summed E-state index contributed by atoms with van der Waals surface area (Å²) < 4.78 is 0. The van der Waals surface area contributed by atoms with Gasteiger partial charge in [-0.2, -0.15) is 0 Å². The van der Waals surface area contributed by atoms with Crippen LogP contribution in [0.3, 0.4) is 0 Å². The molecule has 32 valence electrons. The van der Waals surface area contributed by atoms with Crippen LogP contribution in [0.5, 0.6) is 0 Å². The summed E-state index contributed by atoms with van der Waals surface area (Å²) >= 11 is 0. The standard InChI is InChI=1S/C4H8O.Na.H/c1-3-4(2)5;;/h3H2,1-2H3;;. The van der Waals surface area contributed by atoms with Crippen molar-refractivity contribution in [3.8, 4) is 0 Å². The van der Waals surface area contributed by atoms with Gasteiger partial charge in [0.1, 0.15) is 5.78 Å². The van der Waals surface area contributed by atoms with Gasteiger partial charge in [-0.05, 0) is 6.92 Å². The molecule has 2 heteroatoms. The van der Waals surface area contributed by atoms with Gasteiger partial charge in [0.2, 0.25) is 0 Å². The van der Waals surface area contributed by atoms with Gasteiger partial charge in [0.25, 0.3) is 0 Å². The molecule has 0 saturated heterocycles. The zero-order chi connectivity index (χ0) is 4.28. The van der Waals surface area contributed by atoms with Crippen LogP contribution in [-0.2, 0) is 4.79 Å². The van der Waals surface area contributed by atoms with Crippen LogP contribution in [0.2, 0.25) is 0 Å². The SMILES string of the molecule is CCC(C)=O.[NaH]. The van der Waals surface area contributed by atoms with E-state index in [2.05, 4.69) is 0 Å². The number of ketones is 1. The molecule has 0 heterocycles. The molecular formula is C4H9NaO. The second-order valence-electron chi connectivity index (χ2n) is 1.06. The number of rotatable bonds is 1. The summed E-state index contributed by atoms with van der Waals surface area (Å²) in [6.45, 7) is 3.43. The number of carbonyl (C=O) groups is 1. The van der Waals surface area contributed by atoms with Gasteiger partial charge in [-0.1, -0.05) is 6.92 Å². The fourth-order valence-corrected chi connectivity index (χ4v) is 0. The predicted molar refractivity (Wildman–Crippen MR) is 28.1 cm³/mol. The van der Waals surface area contributed by atoms with Crippen LogP contribution in [0.4, 0.5) is 0 Å². The molecule has 1 nitrogen and oxygen atoms in total. The molecule has 0 atom stereocenters. The van der Waals surface area contributed by atoms with Crippen molar-refractivity contribution in [1.29, 1.82) is 0 Å². The van der Waals surface area contributed by atoms with E-state index in [0.717, 1.165) is 0 Å². The minimum atomic E-state index is 0. The Morgan fingerprint density at radius 1 is 1.67 bits per heavy atom. The first-order chi connectivity index (χ1) is 2.27. The summed E-state index contributed by atoms with van der Waals surface area (Å²) in [6.07, 6.45) is 0.667. The van der Waals surface area contributed by atoms with Crippen molar-refractivity contribution in [2.24, 2.45) is 0 Å². The summed E-state index contributed by atoms with van der Waals surface area (Å²) in [7, 11) is 0. The molecule has 0 aromatic heterocycles. The van der Waals surface area contributed by atoms with E-state index < -0.39 is 0 Å². The number of hydrogen-bond donors (Lipinski definition) is 0. The first kappa shape index (κ1) is 9.83. The van der Waals surface area contributed by atoms with E-state index in [4.69, 9.17) is 0 Å². The second-order valence-corrected chi connectivity index (χ2v) is 1.06. The summed E-state index contributed by atoms with van der Waals surface area (Å²) in [4.78, 5) is 9.81. The maximum absolute atomic E-state index is 9.81. The maximum atomic E-state index is 9.81. The van der Waals surface area contributed by atoms with E-state index in [9.17, 15) is 4.79 Å². The molecule has 0 aliphatic rings. The van der Waals surface area contributed by atoms with Gasteiger partial charge >= 0.3 is 29.6 Å². The third-order valence-corrected chi connectivity index (χ3v) is 0.498. The molecule has 0 aromatic carbocycles. The molecular weight excluding hydrogens is 87.0 g/mol. The van der Waals surface area contributed by atoms with Crippen LogP contribution in [-0.4, -0.2) is 35.3 Å². The van der Waals surface area contributed by atoms with Crippen molar-refractivity contribution in [2.45, 2.75) is 20.3 Å². The molecule has 0 amide bonds. The van der Waals surface area contributed by atoms with Crippen molar-refractivity contribution >= 4 is 35.3 Å². The van der Waals surface area contributed by atoms with E-state index >= 15 is 0 Å². The first-order valence-electron chi connectivity index (χ1n) is 1.76. The van der Waals surface area contributed by atoms with E-state index in [-0.39, 0.29) is 35.3 Å². The molecule has 0 unspecified atom stereocenters. The Labute approximate surface area is 60.4 Å². The fraction of sp³-hybridized carbons (Fsp3) is 0.750. The van der Waals surface area contributed by atoms with Crippen LogP contribution < -0.4 is 0 Å². The van der Waals surface area contributed by atoms with Crippen LogP contribution >= 0.6 is 0 Å². The molecule has 0 aliphatic carbocycles. The summed E-state index contributed by atoms with van der Waals surface area (Å²) in [6, 6.07) is 0. The van der Waals surface area contributed by atoms with E-state index in [1.54, 1.807) is 6.92 Å². The first-order valence-corrected chi connectivity index (χ1v) is 1.76. The van der Waals surface area contributed by atoms with Gasteiger partial charge in [0, 0.05) is 6.42 Å². The van der Waals surface area contributed by atoms with Gasteiger partial charge in [0.15, 0.2) is 0 Å². The minimum absolute atomic E-state index is 0. The van der Waals surface area contributed by atoms with Gasteiger partial charge < -0.3 is 4.79 Å². The van der Waals surface area contributed by atoms with Crippen molar-refractivity contribution in [1.82, 2.24) is 0 Å². The van der Waals surface area contributed by atoms with Crippen LogP contribution in [0.25, 0.3) is 0 Å². The third kappa shape index (κ3) is 8.82. The Kier molecular flexibility index (Phi) is 9.29. The van der Waals surface area contributed by atoms with Gasteiger partial charge in [0.05, 0.1) is 0 Å². The number of hydrogen-bond acceptors (Lipinski definition) is 1. The quantitative estimate of drug-likeness (QED) is 0.430. The molecule has 0 fully saturated rings. The average Bonchev–Trinajstić information content (AvgIpc) is 1.38. The molecule has 0 aliphatic heterocycles. The van der Waals surface area contributed by atoms with Gasteiger partial charge in [-0.15, -0.1) is 0 Å². The Bertz CT molecular complexity index is 42.8. The molecule has 0 bridgehead atoms. The molecule has 0 rings (SSSR count). The molecule has 0 spiro atoms. The Hall–Kier alpha value is 0.670. The monoisotopic (exact) mass is 96.1 g/mol. The molecule has 0 saturated carbocycles. The van der Waals surface area contributed by atoms with Crippen LogP contribution in [0.15, 0.2) is 0 Å². The predicted octanol–water partition coefficient (Wildman–Crippen LogP) is 0.337. The van der Waals surface area contributed by atoms with E-state index in [0.29, 0.717) is 6.42 Å². The third-order valence-electron chi connectivity index (χ3n) is 0.498. The average molecular weight is 96.1 g/mol. The van der Waals surface area contributed by atoms with Crippen LogP contribution in [0.1, 0.15) is 20.3 Å². The summed E-state index contributed by atoms with van der Waals surface area (Å²) in [5, 5.41) is 0.